The number of carboxylic acid groups (broad SMARTS) is 1. The minimum Gasteiger partial charge on any atom is -0.480 e. The van der Waals surface area contributed by atoms with Gasteiger partial charge in [0, 0.05) is 11.7 Å². The van der Waals surface area contributed by atoms with Crippen LogP contribution < -0.4 is 5.73 Å². The highest BCUT2D eigenvalue weighted by Gasteiger charge is 2.30. The molecule has 1 rings (SSSR count). The second-order valence-corrected chi connectivity index (χ2v) is 4.90. The first-order valence-corrected chi connectivity index (χ1v) is 5.47. The number of carbonyl (C=O) groups excluding carboxylic acids is 1. The molecular weight excluding hydrogens is 234 g/mol. The third kappa shape index (κ3) is 3.19. The number of nitrogens with zero attached hydrogens (tertiary/aromatic N) is 2. The molecule has 0 spiro atoms. The van der Waals surface area contributed by atoms with Crippen molar-refractivity contribution >= 4 is 17.6 Å². The van der Waals surface area contributed by atoms with E-state index in [1.54, 1.807) is 32.9 Å². The van der Waals surface area contributed by atoms with Crippen LogP contribution in [0, 0.1) is 0 Å². The average molecular weight is 251 g/mol. The Bertz CT molecular complexity index is 466. The van der Waals surface area contributed by atoms with Crippen molar-refractivity contribution in [3.8, 4) is 0 Å². The zero-order valence-corrected chi connectivity index (χ0v) is 10.7. The Labute approximate surface area is 105 Å². The van der Waals surface area contributed by atoms with Gasteiger partial charge < -0.3 is 15.7 Å². The first-order valence-electron chi connectivity index (χ1n) is 5.47. The summed E-state index contributed by atoms with van der Waals surface area (Å²) < 4.78 is 0. The number of hydrogen-bond acceptors (Lipinski definition) is 4. The van der Waals surface area contributed by atoms with Gasteiger partial charge in [-0.15, -0.1) is 0 Å². The van der Waals surface area contributed by atoms with Crippen LogP contribution in [0.5, 0.6) is 0 Å². The van der Waals surface area contributed by atoms with Crippen LogP contribution in [0.4, 0.5) is 5.69 Å². The fourth-order valence-corrected chi connectivity index (χ4v) is 1.47. The van der Waals surface area contributed by atoms with Crippen LogP contribution >= 0.6 is 0 Å². The van der Waals surface area contributed by atoms with E-state index in [4.69, 9.17) is 10.8 Å². The number of carbonyl (C=O) groups is 2. The van der Waals surface area contributed by atoms with Crippen molar-refractivity contribution in [3.63, 3.8) is 0 Å². The second-order valence-electron chi connectivity index (χ2n) is 4.90. The number of aromatic nitrogens is 1. The predicted octanol–water partition coefficient (Wildman–Crippen LogP) is 0.989. The van der Waals surface area contributed by atoms with Gasteiger partial charge in [-0.25, -0.2) is 4.98 Å². The standard InChI is InChI=1S/C12H17N3O3/c1-12(2,3)15(7-9(16)17)11(18)10-8(13)5-4-6-14-10/h4-6H,7,13H2,1-3H3,(H,16,17). The summed E-state index contributed by atoms with van der Waals surface area (Å²) in [6.45, 7) is 4.88. The van der Waals surface area contributed by atoms with E-state index in [-0.39, 0.29) is 11.4 Å². The highest BCUT2D eigenvalue weighted by atomic mass is 16.4. The molecule has 0 aliphatic rings. The highest BCUT2D eigenvalue weighted by Crippen LogP contribution is 2.18. The average Bonchev–Trinajstić information content (AvgIpc) is 2.24. The van der Waals surface area contributed by atoms with Crippen LogP contribution in [0.15, 0.2) is 18.3 Å². The Balaban J connectivity index is 3.11. The first kappa shape index (κ1) is 14.0. The number of nitrogens with two attached hydrogens (primary N) is 1. The van der Waals surface area contributed by atoms with Gasteiger partial charge in [0.1, 0.15) is 6.54 Å². The molecule has 1 heterocycles. The maximum atomic E-state index is 12.3. The van der Waals surface area contributed by atoms with E-state index in [9.17, 15) is 9.59 Å². The van der Waals surface area contributed by atoms with Crippen molar-refractivity contribution in [1.29, 1.82) is 0 Å². The van der Waals surface area contributed by atoms with E-state index < -0.39 is 24.0 Å². The molecule has 0 unspecified atom stereocenters. The number of carboxylic acids is 1. The quantitative estimate of drug-likeness (QED) is 0.835. The molecule has 1 amide bonds. The lowest BCUT2D eigenvalue weighted by Crippen LogP contribution is -2.48. The summed E-state index contributed by atoms with van der Waals surface area (Å²) in [5.74, 6) is -1.56. The molecule has 0 aliphatic carbocycles. The van der Waals surface area contributed by atoms with Gasteiger partial charge in [-0.3, -0.25) is 9.59 Å². The SMILES string of the molecule is CC(C)(C)N(CC(=O)O)C(=O)c1ncccc1N. The van der Waals surface area contributed by atoms with E-state index in [1.807, 2.05) is 0 Å². The molecule has 0 saturated heterocycles. The number of amides is 1. The predicted molar refractivity (Wildman–Crippen MR) is 67.1 cm³/mol. The van der Waals surface area contributed by atoms with Crippen LogP contribution in [-0.4, -0.2) is 39.0 Å². The Kier molecular flexibility index (Phi) is 3.90. The molecule has 0 bridgehead atoms. The molecule has 18 heavy (non-hydrogen) atoms. The van der Waals surface area contributed by atoms with Crippen LogP contribution in [0.2, 0.25) is 0 Å². The Hall–Kier alpha value is -2.11. The van der Waals surface area contributed by atoms with E-state index in [0.717, 1.165) is 0 Å². The fraction of sp³-hybridized carbons (Fsp3) is 0.417. The lowest BCUT2D eigenvalue weighted by Gasteiger charge is -2.34. The molecule has 98 valence electrons. The van der Waals surface area contributed by atoms with Crippen molar-refractivity contribution in [3.05, 3.63) is 24.0 Å². The molecule has 3 N–H and O–H groups in total. The molecular formula is C12H17N3O3. The van der Waals surface area contributed by atoms with Crippen molar-refractivity contribution in [2.75, 3.05) is 12.3 Å². The number of rotatable bonds is 3. The van der Waals surface area contributed by atoms with E-state index in [0.29, 0.717) is 0 Å². The van der Waals surface area contributed by atoms with E-state index in [2.05, 4.69) is 4.98 Å². The van der Waals surface area contributed by atoms with Crippen LogP contribution in [0.3, 0.4) is 0 Å². The molecule has 0 saturated carbocycles. The van der Waals surface area contributed by atoms with Crippen LogP contribution in [0.25, 0.3) is 0 Å². The van der Waals surface area contributed by atoms with Gasteiger partial charge >= 0.3 is 5.97 Å². The minimum absolute atomic E-state index is 0.0775. The maximum absolute atomic E-state index is 12.3. The van der Waals surface area contributed by atoms with Gasteiger partial charge in [0.2, 0.25) is 0 Å². The summed E-state index contributed by atoms with van der Waals surface area (Å²) in [6.07, 6.45) is 1.45. The van der Waals surface area contributed by atoms with Gasteiger partial charge in [0.25, 0.3) is 5.91 Å². The van der Waals surface area contributed by atoms with Gasteiger partial charge in [-0.1, -0.05) is 0 Å². The summed E-state index contributed by atoms with van der Waals surface area (Å²) in [5, 5.41) is 8.87. The number of pyridine rings is 1. The number of hydrogen-bond donors (Lipinski definition) is 2. The van der Waals surface area contributed by atoms with Gasteiger partial charge in [-0.05, 0) is 32.9 Å². The topological polar surface area (TPSA) is 96.5 Å². The van der Waals surface area contributed by atoms with Gasteiger partial charge in [0.15, 0.2) is 5.69 Å². The Morgan fingerprint density at radius 3 is 2.50 bits per heavy atom. The smallest absolute Gasteiger partial charge is 0.323 e. The molecule has 1 aromatic heterocycles. The van der Waals surface area contributed by atoms with Gasteiger partial charge in [-0.2, -0.15) is 0 Å². The molecule has 0 aliphatic heterocycles. The normalized spacial score (nSPS) is 11.1. The Morgan fingerprint density at radius 2 is 2.06 bits per heavy atom. The monoisotopic (exact) mass is 251 g/mol. The fourth-order valence-electron chi connectivity index (χ4n) is 1.47. The molecule has 6 nitrogen and oxygen atoms in total. The summed E-state index contributed by atoms with van der Waals surface area (Å²) in [7, 11) is 0. The number of aliphatic carboxylic acids is 1. The summed E-state index contributed by atoms with van der Waals surface area (Å²) in [6, 6.07) is 3.17. The summed E-state index contributed by atoms with van der Waals surface area (Å²) in [4.78, 5) is 28.2. The zero-order valence-electron chi connectivity index (χ0n) is 10.7. The van der Waals surface area contributed by atoms with Crippen LogP contribution in [0.1, 0.15) is 31.3 Å². The zero-order chi connectivity index (χ0) is 13.9. The van der Waals surface area contributed by atoms with Gasteiger partial charge in [0.05, 0.1) is 5.69 Å². The molecule has 0 atom stereocenters. The number of nitrogen functional groups attached to an aromatic ring is 1. The highest BCUT2D eigenvalue weighted by molar-refractivity contribution is 5.98. The van der Waals surface area contributed by atoms with Crippen molar-refractivity contribution in [1.82, 2.24) is 9.88 Å². The lowest BCUT2D eigenvalue weighted by atomic mass is 10.0. The first-order chi connectivity index (χ1) is 8.23. The van der Waals surface area contributed by atoms with Crippen molar-refractivity contribution in [2.45, 2.75) is 26.3 Å². The molecule has 1 aromatic rings. The molecule has 0 fully saturated rings. The largest absolute Gasteiger partial charge is 0.480 e. The van der Waals surface area contributed by atoms with E-state index in [1.165, 1.54) is 11.1 Å². The van der Waals surface area contributed by atoms with Crippen molar-refractivity contribution in [2.24, 2.45) is 0 Å². The molecule has 0 aromatic carbocycles. The molecule has 0 radical (unpaired) electrons. The Morgan fingerprint density at radius 1 is 1.44 bits per heavy atom. The number of anilines is 1. The second kappa shape index (κ2) is 5.03. The summed E-state index contributed by atoms with van der Waals surface area (Å²) in [5.41, 5.74) is 5.37. The molecule has 6 heteroatoms. The minimum atomic E-state index is -1.08. The maximum Gasteiger partial charge on any atom is 0.323 e. The van der Waals surface area contributed by atoms with Crippen LogP contribution in [-0.2, 0) is 4.79 Å². The third-order valence-corrected chi connectivity index (χ3v) is 2.39. The van der Waals surface area contributed by atoms with Crippen molar-refractivity contribution < 1.29 is 14.7 Å². The summed E-state index contributed by atoms with van der Waals surface area (Å²) >= 11 is 0. The third-order valence-electron chi connectivity index (χ3n) is 2.39. The lowest BCUT2D eigenvalue weighted by molar-refractivity contribution is -0.138. The van der Waals surface area contributed by atoms with E-state index >= 15 is 0 Å².